The van der Waals surface area contributed by atoms with Crippen molar-refractivity contribution in [3.05, 3.63) is 48.7 Å². The van der Waals surface area contributed by atoms with Gasteiger partial charge in [-0.2, -0.15) is 10.2 Å². The van der Waals surface area contributed by atoms with Crippen molar-refractivity contribution >= 4 is 11.6 Å². The van der Waals surface area contributed by atoms with Gasteiger partial charge in [0, 0.05) is 31.2 Å². The van der Waals surface area contributed by atoms with Crippen molar-refractivity contribution in [2.45, 2.75) is 31.5 Å². The summed E-state index contributed by atoms with van der Waals surface area (Å²) in [5.41, 5.74) is 0.942. The zero-order chi connectivity index (χ0) is 16.5. The van der Waals surface area contributed by atoms with Gasteiger partial charge >= 0.3 is 0 Å². The van der Waals surface area contributed by atoms with Crippen molar-refractivity contribution < 1.29 is 9.90 Å². The van der Waals surface area contributed by atoms with Crippen molar-refractivity contribution in [2.75, 3.05) is 0 Å². The molecule has 1 aliphatic rings. The minimum atomic E-state index is -0.548. The summed E-state index contributed by atoms with van der Waals surface area (Å²) in [6.45, 7) is 0.746. The normalized spacial score (nSPS) is 23.6. The summed E-state index contributed by atoms with van der Waals surface area (Å²) in [5, 5.41) is 21.4. The van der Waals surface area contributed by atoms with Crippen LogP contribution in [0.5, 0.6) is 0 Å². The van der Waals surface area contributed by atoms with E-state index in [0.29, 0.717) is 17.8 Å². The van der Waals surface area contributed by atoms with E-state index in [-0.39, 0.29) is 17.9 Å². The Morgan fingerprint density at radius 1 is 1.25 bits per heavy atom. The monoisotopic (exact) mass is 326 g/mol. The molecule has 0 aromatic carbocycles. The van der Waals surface area contributed by atoms with Crippen LogP contribution >= 0.6 is 0 Å². The molecule has 2 N–H and O–H groups in total. The lowest BCUT2D eigenvalue weighted by Gasteiger charge is -2.16. The molecule has 1 amide bonds. The molecule has 8 heteroatoms. The molecule has 1 saturated carbocycles. The zero-order valence-corrected chi connectivity index (χ0v) is 13.0. The third kappa shape index (κ3) is 2.88. The minimum Gasteiger partial charge on any atom is -0.391 e. The van der Waals surface area contributed by atoms with Crippen LogP contribution in [0.25, 0.3) is 5.65 Å². The Kier molecular flexibility index (Phi) is 3.73. The number of amides is 1. The molecule has 3 heterocycles. The predicted molar refractivity (Wildman–Crippen MR) is 85.2 cm³/mol. The van der Waals surface area contributed by atoms with Gasteiger partial charge in [0.15, 0.2) is 5.65 Å². The molecule has 124 valence electrons. The number of hydrogen-bond acceptors (Lipinski definition) is 5. The molecule has 1 unspecified atom stereocenters. The molecule has 3 aromatic heterocycles. The number of hydrogen-bond donors (Lipinski definition) is 2. The Hall–Kier alpha value is -2.74. The van der Waals surface area contributed by atoms with E-state index in [9.17, 15) is 9.90 Å². The van der Waals surface area contributed by atoms with Gasteiger partial charge in [0.2, 0.25) is 0 Å². The highest BCUT2D eigenvalue weighted by atomic mass is 16.3. The molecule has 0 spiro atoms. The first-order valence-electron chi connectivity index (χ1n) is 7.96. The highest BCUT2D eigenvalue weighted by molar-refractivity contribution is 5.92. The van der Waals surface area contributed by atoms with Crippen molar-refractivity contribution in [1.29, 1.82) is 0 Å². The highest BCUT2D eigenvalue weighted by Crippen LogP contribution is 2.27. The van der Waals surface area contributed by atoms with Gasteiger partial charge in [-0.1, -0.05) is 0 Å². The van der Waals surface area contributed by atoms with Gasteiger partial charge in [-0.05, 0) is 30.9 Å². The zero-order valence-electron chi connectivity index (χ0n) is 13.0. The maximum Gasteiger partial charge on any atom is 0.270 e. The average Bonchev–Trinajstić information content (AvgIpc) is 3.29. The van der Waals surface area contributed by atoms with Crippen LogP contribution in [-0.4, -0.2) is 47.5 Å². The largest absolute Gasteiger partial charge is 0.391 e. The maximum absolute atomic E-state index is 12.4. The summed E-state index contributed by atoms with van der Waals surface area (Å²) in [6.07, 6.45) is 7.80. The first-order chi connectivity index (χ1) is 11.7. The Balaban J connectivity index is 1.41. The molecule has 24 heavy (non-hydrogen) atoms. The summed E-state index contributed by atoms with van der Waals surface area (Å²) >= 11 is 0. The van der Waals surface area contributed by atoms with E-state index < -0.39 is 6.10 Å². The van der Waals surface area contributed by atoms with Gasteiger partial charge in [0.25, 0.3) is 5.91 Å². The fraction of sp³-hybridized carbons (Fsp3) is 0.375. The van der Waals surface area contributed by atoms with E-state index in [1.807, 2.05) is 16.9 Å². The number of carbonyl (C=O) groups excluding carboxylic acids is 1. The quantitative estimate of drug-likeness (QED) is 0.727. The van der Waals surface area contributed by atoms with E-state index in [1.54, 1.807) is 35.2 Å². The van der Waals surface area contributed by atoms with Crippen LogP contribution in [0.4, 0.5) is 0 Å². The molecule has 1 aliphatic carbocycles. The summed E-state index contributed by atoms with van der Waals surface area (Å²) in [5.74, 6) is 0.0120. The summed E-state index contributed by atoms with van der Waals surface area (Å²) in [6, 6.07) is 4.98. The van der Waals surface area contributed by atoms with Crippen LogP contribution in [-0.2, 0) is 6.54 Å². The number of fused-ring (bicyclic) bond motifs is 1. The van der Waals surface area contributed by atoms with Crippen LogP contribution in [0, 0.1) is 5.92 Å². The van der Waals surface area contributed by atoms with Gasteiger partial charge < -0.3 is 10.4 Å². The third-order valence-corrected chi connectivity index (χ3v) is 4.44. The molecule has 1 fully saturated rings. The molecule has 0 radical (unpaired) electrons. The number of nitrogens with zero attached hydrogens (tertiary/aromatic N) is 5. The number of aliphatic hydroxyl groups excluding tert-OH is 1. The highest BCUT2D eigenvalue weighted by Gasteiger charge is 2.34. The molecule has 0 saturated heterocycles. The van der Waals surface area contributed by atoms with Gasteiger partial charge in [-0.15, -0.1) is 0 Å². The van der Waals surface area contributed by atoms with Gasteiger partial charge in [-0.3, -0.25) is 9.48 Å². The second-order valence-corrected chi connectivity index (χ2v) is 6.16. The minimum absolute atomic E-state index is 0.263. The summed E-state index contributed by atoms with van der Waals surface area (Å²) < 4.78 is 3.46. The molecular weight excluding hydrogens is 308 g/mol. The van der Waals surface area contributed by atoms with Gasteiger partial charge in [-0.25, -0.2) is 9.50 Å². The first kappa shape index (κ1) is 14.8. The standard InChI is InChI=1S/C16H18N6O2/c23-14-9-11(10-21-6-1-4-17-21)8-13(14)20-16(24)12-3-7-22-15(19-12)2-5-18-22/h1-7,11,13-14,23H,8-10H2,(H,20,24)/t11?,13-,14-/m1/s1. The molecule has 3 aromatic rings. The lowest BCUT2D eigenvalue weighted by molar-refractivity contribution is 0.0868. The molecule has 3 atom stereocenters. The Labute approximate surface area is 138 Å². The molecule has 0 bridgehead atoms. The second-order valence-electron chi connectivity index (χ2n) is 6.16. The maximum atomic E-state index is 12.4. The van der Waals surface area contributed by atoms with Crippen molar-refractivity contribution in [2.24, 2.45) is 5.92 Å². The van der Waals surface area contributed by atoms with Crippen molar-refractivity contribution in [3.63, 3.8) is 0 Å². The predicted octanol–water partition coefficient (Wildman–Crippen LogP) is 0.495. The van der Waals surface area contributed by atoms with Crippen molar-refractivity contribution in [3.8, 4) is 0 Å². The second kappa shape index (κ2) is 6.04. The van der Waals surface area contributed by atoms with E-state index in [4.69, 9.17) is 0 Å². The summed E-state index contributed by atoms with van der Waals surface area (Å²) in [7, 11) is 0. The van der Waals surface area contributed by atoms with Gasteiger partial charge in [0.1, 0.15) is 5.69 Å². The van der Waals surface area contributed by atoms with Crippen LogP contribution in [0.15, 0.2) is 43.0 Å². The number of carbonyl (C=O) groups is 1. The molecular formula is C16H18N6O2. The number of aromatic nitrogens is 5. The molecule has 0 aliphatic heterocycles. The lowest BCUT2D eigenvalue weighted by atomic mass is 10.1. The van der Waals surface area contributed by atoms with E-state index >= 15 is 0 Å². The van der Waals surface area contributed by atoms with Crippen LogP contribution in [0.1, 0.15) is 23.3 Å². The number of aliphatic hydroxyl groups is 1. The van der Waals surface area contributed by atoms with Gasteiger partial charge in [0.05, 0.1) is 18.3 Å². The molecule has 8 nitrogen and oxygen atoms in total. The van der Waals surface area contributed by atoms with Crippen LogP contribution in [0.2, 0.25) is 0 Å². The smallest absolute Gasteiger partial charge is 0.270 e. The first-order valence-corrected chi connectivity index (χ1v) is 7.96. The topological polar surface area (TPSA) is 97.3 Å². The van der Waals surface area contributed by atoms with Crippen LogP contribution < -0.4 is 5.32 Å². The Morgan fingerprint density at radius 2 is 2.17 bits per heavy atom. The summed E-state index contributed by atoms with van der Waals surface area (Å²) in [4.78, 5) is 16.7. The fourth-order valence-corrected chi connectivity index (χ4v) is 3.28. The van der Waals surface area contributed by atoms with E-state index in [1.165, 1.54) is 0 Å². The average molecular weight is 326 g/mol. The Morgan fingerprint density at radius 3 is 3.00 bits per heavy atom. The molecule has 4 rings (SSSR count). The fourth-order valence-electron chi connectivity index (χ4n) is 3.28. The van der Waals surface area contributed by atoms with Crippen LogP contribution in [0.3, 0.4) is 0 Å². The van der Waals surface area contributed by atoms with E-state index in [2.05, 4.69) is 20.5 Å². The number of nitrogens with one attached hydrogen (secondary N) is 1. The third-order valence-electron chi connectivity index (χ3n) is 4.44. The Bertz CT molecular complexity index is 843. The SMILES string of the molecule is O=C(N[C@@H]1CC(Cn2cccn2)C[C@H]1O)c1ccn2nccc2n1. The van der Waals surface area contributed by atoms with Crippen molar-refractivity contribution in [1.82, 2.24) is 29.7 Å². The number of rotatable bonds is 4. The lowest BCUT2D eigenvalue weighted by Crippen LogP contribution is -2.40. The van der Waals surface area contributed by atoms with E-state index in [0.717, 1.165) is 13.0 Å².